The maximum absolute atomic E-state index is 2.86. The summed E-state index contributed by atoms with van der Waals surface area (Å²) >= 11 is 0. The van der Waals surface area contributed by atoms with Crippen LogP contribution in [-0.2, 0) is 0 Å². The van der Waals surface area contributed by atoms with Gasteiger partial charge in [-0.3, -0.25) is 0 Å². The van der Waals surface area contributed by atoms with E-state index in [1.807, 2.05) is 0 Å². The highest BCUT2D eigenvalue weighted by Gasteiger charge is 2.95. The quantitative estimate of drug-likeness (QED) is 0.241. The lowest BCUT2D eigenvalue weighted by Crippen LogP contribution is -2.85. The third kappa shape index (κ3) is 7.35. The number of hydrogen-bond acceptors (Lipinski definition) is 0. The fraction of sp³-hybridized carbons (Fsp3) is 1.00. The highest BCUT2D eigenvalue weighted by molar-refractivity contribution is 8.41. The predicted molar refractivity (Wildman–Crippen MR) is 283 cm³/mol. The van der Waals surface area contributed by atoms with Crippen molar-refractivity contribution >= 4 is 59.8 Å². The molecule has 0 spiro atoms. The third-order valence-corrected chi connectivity index (χ3v) is 192. The molecule has 1 heterocycles. The zero-order chi connectivity index (χ0) is 46.4. The van der Waals surface area contributed by atoms with Gasteiger partial charge in [0.2, 0.25) is 0 Å². The van der Waals surface area contributed by atoms with E-state index in [2.05, 4.69) is 249 Å². The molecule has 1 rings (SSSR count). The van der Waals surface area contributed by atoms with E-state index in [0.717, 1.165) is 0 Å². The molecule has 0 aromatic heterocycles. The van der Waals surface area contributed by atoms with E-state index in [1.165, 1.54) is 8.55 Å². The minimum atomic E-state index is -2.34. The van der Waals surface area contributed by atoms with Gasteiger partial charge >= 0.3 is 0 Å². The zero-order valence-corrected chi connectivity index (χ0v) is 54.0. The van der Waals surface area contributed by atoms with Gasteiger partial charge in [0.1, 0.15) is 0 Å². The molecule has 0 aliphatic carbocycles. The molecule has 8 heteroatoms. The van der Waals surface area contributed by atoms with Crippen molar-refractivity contribution in [2.24, 2.45) is 0 Å². The molecule has 56 heavy (non-hydrogen) atoms. The molecule has 0 saturated carbocycles. The minimum absolute atomic E-state index is 0.292. The van der Waals surface area contributed by atoms with Gasteiger partial charge in [-0.25, -0.2) is 0 Å². The van der Waals surface area contributed by atoms with Gasteiger partial charge in [0.05, 0.1) is 30.4 Å². The van der Waals surface area contributed by atoms with Crippen LogP contribution in [0, 0.1) is 0 Å². The van der Waals surface area contributed by atoms with Crippen LogP contribution in [0.1, 0.15) is 249 Å². The van der Waals surface area contributed by atoms with E-state index >= 15 is 0 Å². The lowest BCUT2D eigenvalue weighted by Gasteiger charge is -2.71. The zero-order valence-electron chi connectivity index (χ0n) is 46.0. The number of rotatable bonds is 5. The van der Waals surface area contributed by atoms with Gasteiger partial charge in [-0.2, -0.15) is 0 Å². The van der Waals surface area contributed by atoms with Crippen LogP contribution >= 0.6 is 0 Å². The largest absolute Gasteiger partial charge is 0.0628 e. The van der Waals surface area contributed by atoms with Crippen molar-refractivity contribution in [2.45, 2.75) is 310 Å². The van der Waals surface area contributed by atoms with Crippen LogP contribution in [0.3, 0.4) is 0 Å². The molecule has 0 nitrogen and oxygen atoms in total. The van der Waals surface area contributed by atoms with Crippen LogP contribution in [0.15, 0.2) is 0 Å². The van der Waals surface area contributed by atoms with Crippen LogP contribution in [0.2, 0.25) is 60.5 Å². The first-order valence-electron chi connectivity index (χ1n) is 23.0. The molecule has 0 aromatic rings. The Hall–Kier alpha value is 1.74. The summed E-state index contributed by atoms with van der Waals surface area (Å²) in [4.78, 5) is 0. The first kappa shape index (κ1) is 55.8. The smallest absolute Gasteiger partial charge is 0.0540 e. The molecule has 0 unspecified atom stereocenters. The third-order valence-electron chi connectivity index (χ3n) is 16.1. The van der Waals surface area contributed by atoms with E-state index in [4.69, 9.17) is 0 Å². The molecule has 0 amide bonds. The first-order chi connectivity index (χ1) is 23.4. The predicted octanol–water partition coefficient (Wildman–Crippen LogP) is 18.0. The van der Waals surface area contributed by atoms with Gasteiger partial charge in [-0.1, -0.05) is 249 Å². The first-order valence-corrected chi connectivity index (χ1v) is 45.0. The highest BCUT2D eigenvalue weighted by atomic mass is 30.7. The topological polar surface area (TPSA) is 0 Å². The van der Waals surface area contributed by atoms with Gasteiger partial charge in [0, 0.05) is 29.4 Å². The molecular weight excluding hydrogens is 801 g/mol. The number of hydrogen-bond donors (Lipinski definition) is 0. The average Bonchev–Trinajstić information content (AvgIpc) is 3.33. The summed E-state index contributed by atoms with van der Waals surface area (Å²) in [7, 11) is -9.46. The molecule has 1 saturated heterocycles. The summed E-state index contributed by atoms with van der Waals surface area (Å²) in [5.41, 5.74) is 0. The van der Waals surface area contributed by atoms with E-state index < -0.39 is 51.2 Å². The molecule has 1 aliphatic rings. The summed E-state index contributed by atoms with van der Waals surface area (Å²) in [6.45, 7) is 102. The van der Waals surface area contributed by atoms with Crippen LogP contribution in [-0.4, -0.2) is 59.8 Å². The molecule has 1 aliphatic heterocycles. The van der Waals surface area contributed by atoms with Gasteiger partial charge in [0.15, 0.2) is 0 Å². The Morgan fingerprint density at radius 2 is 0.411 bits per heavy atom. The lowest BCUT2D eigenvalue weighted by atomic mass is 10.2. The Kier molecular flexibility index (Phi) is 14.3. The maximum atomic E-state index is 2.86. The van der Waals surface area contributed by atoms with Crippen molar-refractivity contribution in [3.8, 4) is 0 Å². The Morgan fingerprint density at radius 1 is 0.250 bits per heavy atom. The van der Waals surface area contributed by atoms with Gasteiger partial charge in [-0.05, 0) is 60.5 Å². The average molecular weight is 910 g/mol. The maximum Gasteiger partial charge on any atom is 0.0540 e. The monoisotopic (exact) mass is 909 g/mol. The molecule has 0 N–H and O–H groups in total. The fourth-order valence-corrected chi connectivity index (χ4v) is 397. The van der Waals surface area contributed by atoms with Crippen molar-refractivity contribution in [3.63, 3.8) is 0 Å². The second-order valence-electron chi connectivity index (χ2n) is 31.6. The highest BCUT2D eigenvalue weighted by Crippen LogP contribution is 2.80. The van der Waals surface area contributed by atoms with E-state index in [1.54, 1.807) is 0 Å². The van der Waals surface area contributed by atoms with Gasteiger partial charge in [0.25, 0.3) is 0 Å². The Morgan fingerprint density at radius 3 is 0.518 bits per heavy atom. The Bertz CT molecular complexity index is 1180. The second-order valence-corrected chi connectivity index (χ2v) is 107. The summed E-state index contributed by atoms with van der Waals surface area (Å²) < 4.78 is 0. The van der Waals surface area contributed by atoms with Crippen molar-refractivity contribution in [1.82, 2.24) is 0 Å². The SMILES string of the molecule is CC(C)(C)[Si]([Si][Si]1([Si](C(C)(C)C)(C(C)(C)C)C(C)(C)C)[Si]([Si](C(C)(C)C)(C(C)(C)C)C(C)(C)C)[Si]1[Si](C(C)(C)C)(C(C)(C)C)C(C)(C)C)(C(C)(C)C)C(C)(C)C. The van der Waals surface area contributed by atoms with Crippen LogP contribution in [0.5, 0.6) is 0 Å². The molecule has 1 fully saturated rings. The molecule has 0 aromatic carbocycles. The van der Waals surface area contributed by atoms with Gasteiger partial charge in [-0.15, -0.1) is 0 Å². The Labute approximate surface area is 367 Å². The molecule has 332 valence electrons. The molecular formula is C48H108Si8. The summed E-state index contributed by atoms with van der Waals surface area (Å²) in [5.74, 6) is 0. The van der Waals surface area contributed by atoms with E-state index in [0.29, 0.717) is 60.5 Å². The standard InChI is InChI=1S/C48H108Si8/c1-37(2,3)52(38(4,5)6,39(7,8)9)49-56(55(46(28,29)30,47(31,32)33)48(34,35)36)50(53(40(10,11)12,41(13,14)15)42(16,17)18)51(56)54(43(19,20)21,44(22,23)24)45(25,26)27/h1-36H3. The normalized spacial score (nSPS) is 19.5. The molecule has 0 bridgehead atoms. The van der Waals surface area contributed by atoms with Crippen molar-refractivity contribution < 1.29 is 0 Å². The Balaban J connectivity index is 5.93. The summed E-state index contributed by atoms with van der Waals surface area (Å²) in [6.07, 6.45) is -2.24. The van der Waals surface area contributed by atoms with Crippen molar-refractivity contribution in [3.05, 3.63) is 0 Å². The second kappa shape index (κ2) is 14.4. The minimum Gasteiger partial charge on any atom is -0.0628 e. The lowest BCUT2D eigenvalue weighted by molar-refractivity contribution is 0.551. The molecule has 0 atom stereocenters. The van der Waals surface area contributed by atoms with E-state index in [-0.39, 0.29) is 0 Å². The van der Waals surface area contributed by atoms with Crippen molar-refractivity contribution in [1.29, 1.82) is 0 Å². The van der Waals surface area contributed by atoms with Crippen LogP contribution in [0.4, 0.5) is 0 Å². The molecule has 4 radical (unpaired) electrons. The van der Waals surface area contributed by atoms with Crippen LogP contribution in [0.25, 0.3) is 0 Å². The van der Waals surface area contributed by atoms with Crippen LogP contribution < -0.4 is 0 Å². The summed E-state index contributed by atoms with van der Waals surface area (Å²) in [5, 5.41) is 3.62. The van der Waals surface area contributed by atoms with E-state index in [9.17, 15) is 0 Å². The van der Waals surface area contributed by atoms with Crippen molar-refractivity contribution in [2.75, 3.05) is 0 Å². The summed E-state index contributed by atoms with van der Waals surface area (Å²) in [6, 6.07) is 0. The fourth-order valence-electron chi connectivity index (χ4n) is 20.1. The van der Waals surface area contributed by atoms with Gasteiger partial charge < -0.3 is 0 Å².